The summed E-state index contributed by atoms with van der Waals surface area (Å²) in [6, 6.07) is 7.86. The minimum Gasteiger partial charge on any atom is -0.324 e. The zero-order chi connectivity index (χ0) is 12.4. The lowest BCUT2D eigenvalue weighted by molar-refractivity contribution is 0.729. The van der Waals surface area contributed by atoms with Gasteiger partial charge in [-0.2, -0.15) is 0 Å². The molecule has 0 spiro atoms. The van der Waals surface area contributed by atoms with Crippen LogP contribution >= 0.6 is 54.8 Å². The molecule has 1 atom stereocenters. The molecule has 2 rings (SSSR count). The van der Waals surface area contributed by atoms with Crippen LogP contribution in [-0.4, -0.2) is 0 Å². The molecule has 0 bridgehead atoms. The summed E-state index contributed by atoms with van der Waals surface area (Å²) in [5, 5.41) is 2.77. The van der Waals surface area contributed by atoms with E-state index in [1.54, 1.807) is 11.3 Å². The number of benzene rings is 1. The number of hydrogen-bond donors (Lipinski definition) is 1. The second-order valence-corrected chi connectivity index (χ2v) is 7.01. The predicted octanol–water partition coefficient (Wildman–Crippen LogP) is 5.17. The Morgan fingerprint density at radius 1 is 1.18 bits per heavy atom. The van der Waals surface area contributed by atoms with Gasteiger partial charge in [-0.1, -0.05) is 27.5 Å². The Kier molecular flexibility index (Phi) is 4.66. The molecule has 0 aliphatic rings. The van der Waals surface area contributed by atoms with Crippen molar-refractivity contribution in [1.82, 2.24) is 0 Å². The van der Waals surface area contributed by atoms with Crippen LogP contribution in [0.15, 0.2) is 38.6 Å². The van der Waals surface area contributed by atoms with Crippen LogP contribution in [-0.2, 0) is 6.42 Å². The normalized spacial score (nSPS) is 12.7. The third-order valence-corrected chi connectivity index (χ3v) is 4.75. The summed E-state index contributed by atoms with van der Waals surface area (Å²) >= 11 is 14.6. The van der Waals surface area contributed by atoms with Gasteiger partial charge in [0.15, 0.2) is 0 Å². The molecule has 2 aromatic rings. The first kappa shape index (κ1) is 13.6. The highest BCUT2D eigenvalue weighted by Gasteiger charge is 2.10. The summed E-state index contributed by atoms with van der Waals surface area (Å²) in [7, 11) is 0. The lowest BCUT2D eigenvalue weighted by atomic mass is 10.0. The summed E-state index contributed by atoms with van der Waals surface area (Å²) in [6.45, 7) is 0. The van der Waals surface area contributed by atoms with Crippen molar-refractivity contribution in [1.29, 1.82) is 0 Å². The van der Waals surface area contributed by atoms with Crippen LogP contribution in [0, 0.1) is 0 Å². The standard InChI is InChI=1S/C12H10Br2ClNS/c13-8-1-7(2-10(15)3-8)12(16)5-11-4-9(14)6-17-11/h1-4,6,12H,5,16H2. The Bertz CT molecular complexity index is 507. The Morgan fingerprint density at radius 2 is 1.94 bits per heavy atom. The van der Waals surface area contributed by atoms with Gasteiger partial charge in [0.05, 0.1) is 0 Å². The van der Waals surface area contributed by atoms with Crippen molar-refractivity contribution in [2.24, 2.45) is 5.73 Å². The molecular formula is C12H10Br2ClNS. The van der Waals surface area contributed by atoms with E-state index in [9.17, 15) is 0 Å². The predicted molar refractivity (Wildman–Crippen MR) is 81.8 cm³/mol. The molecule has 1 heterocycles. The summed E-state index contributed by atoms with van der Waals surface area (Å²) < 4.78 is 2.07. The SMILES string of the molecule is NC(Cc1cc(Br)cs1)c1cc(Cl)cc(Br)c1. The van der Waals surface area contributed by atoms with E-state index in [0.717, 1.165) is 20.9 Å². The highest BCUT2D eigenvalue weighted by Crippen LogP contribution is 2.27. The molecule has 1 aromatic heterocycles. The molecule has 5 heteroatoms. The first-order valence-electron chi connectivity index (χ1n) is 4.99. The van der Waals surface area contributed by atoms with Crippen molar-refractivity contribution in [2.45, 2.75) is 12.5 Å². The van der Waals surface area contributed by atoms with Crippen molar-refractivity contribution in [3.8, 4) is 0 Å². The molecule has 1 unspecified atom stereocenters. The van der Waals surface area contributed by atoms with Crippen molar-refractivity contribution >= 4 is 54.8 Å². The molecule has 1 aromatic carbocycles. The average molecular weight is 396 g/mol. The van der Waals surface area contributed by atoms with Crippen LogP contribution in [0.5, 0.6) is 0 Å². The molecule has 0 aliphatic carbocycles. The van der Waals surface area contributed by atoms with Crippen LogP contribution in [0.2, 0.25) is 5.02 Å². The highest BCUT2D eigenvalue weighted by atomic mass is 79.9. The molecule has 0 saturated carbocycles. The summed E-state index contributed by atoms with van der Waals surface area (Å²) in [5.41, 5.74) is 7.24. The zero-order valence-corrected chi connectivity index (χ0v) is 13.5. The van der Waals surface area contributed by atoms with Gasteiger partial charge in [0, 0.05) is 36.7 Å². The maximum atomic E-state index is 6.19. The van der Waals surface area contributed by atoms with Gasteiger partial charge < -0.3 is 5.73 Å². The second kappa shape index (κ2) is 5.85. The molecule has 0 amide bonds. The van der Waals surface area contributed by atoms with Gasteiger partial charge in [0.1, 0.15) is 0 Å². The van der Waals surface area contributed by atoms with Gasteiger partial charge >= 0.3 is 0 Å². The molecule has 2 N–H and O–H groups in total. The third-order valence-electron chi connectivity index (χ3n) is 2.36. The Labute approximate surface area is 126 Å². The van der Waals surface area contributed by atoms with E-state index in [1.165, 1.54) is 4.88 Å². The number of thiophene rings is 1. The van der Waals surface area contributed by atoms with Crippen molar-refractivity contribution in [3.05, 3.63) is 54.1 Å². The number of rotatable bonds is 3. The highest BCUT2D eigenvalue weighted by molar-refractivity contribution is 9.10. The third kappa shape index (κ3) is 3.80. The van der Waals surface area contributed by atoms with Gasteiger partial charge in [0.25, 0.3) is 0 Å². The molecular weight excluding hydrogens is 385 g/mol. The maximum Gasteiger partial charge on any atom is 0.0420 e. The van der Waals surface area contributed by atoms with E-state index in [4.69, 9.17) is 17.3 Å². The molecule has 0 aliphatic heterocycles. The van der Waals surface area contributed by atoms with E-state index in [0.29, 0.717) is 5.02 Å². The monoisotopic (exact) mass is 393 g/mol. The average Bonchev–Trinajstić information content (AvgIpc) is 2.62. The number of halogens is 3. The first-order chi connectivity index (χ1) is 8.04. The summed E-state index contributed by atoms with van der Waals surface area (Å²) in [5.74, 6) is 0. The van der Waals surface area contributed by atoms with Gasteiger partial charge in [-0.3, -0.25) is 0 Å². The van der Waals surface area contributed by atoms with Crippen LogP contribution in [0.4, 0.5) is 0 Å². The lowest BCUT2D eigenvalue weighted by Crippen LogP contribution is -2.12. The summed E-state index contributed by atoms with van der Waals surface area (Å²) in [4.78, 5) is 1.26. The Morgan fingerprint density at radius 3 is 2.53 bits per heavy atom. The van der Waals surface area contributed by atoms with E-state index in [2.05, 4.69) is 43.3 Å². The smallest absolute Gasteiger partial charge is 0.0420 e. The summed E-state index contributed by atoms with van der Waals surface area (Å²) in [6.07, 6.45) is 0.822. The minimum absolute atomic E-state index is 0.0319. The first-order valence-corrected chi connectivity index (χ1v) is 7.83. The Hall–Kier alpha value is 0.130. The van der Waals surface area contributed by atoms with Crippen molar-refractivity contribution < 1.29 is 0 Å². The zero-order valence-electron chi connectivity index (χ0n) is 8.79. The van der Waals surface area contributed by atoms with Crippen LogP contribution in [0.3, 0.4) is 0 Å². The van der Waals surface area contributed by atoms with Crippen molar-refractivity contribution in [2.75, 3.05) is 0 Å². The fourth-order valence-electron chi connectivity index (χ4n) is 1.58. The lowest BCUT2D eigenvalue weighted by Gasteiger charge is -2.11. The van der Waals surface area contributed by atoms with Crippen LogP contribution < -0.4 is 5.73 Å². The minimum atomic E-state index is -0.0319. The van der Waals surface area contributed by atoms with Gasteiger partial charge in [-0.05, 0) is 45.8 Å². The second-order valence-electron chi connectivity index (χ2n) is 3.74. The quantitative estimate of drug-likeness (QED) is 0.762. The molecule has 0 radical (unpaired) electrons. The fourth-order valence-corrected chi connectivity index (χ4v) is 3.98. The van der Waals surface area contributed by atoms with Gasteiger partial charge in [-0.25, -0.2) is 0 Å². The molecule has 1 nitrogen and oxygen atoms in total. The Balaban J connectivity index is 2.16. The molecule has 0 saturated heterocycles. The van der Waals surface area contributed by atoms with E-state index in [-0.39, 0.29) is 6.04 Å². The molecule has 0 fully saturated rings. The van der Waals surface area contributed by atoms with E-state index < -0.39 is 0 Å². The van der Waals surface area contributed by atoms with E-state index >= 15 is 0 Å². The maximum absolute atomic E-state index is 6.19. The largest absolute Gasteiger partial charge is 0.324 e. The van der Waals surface area contributed by atoms with Crippen LogP contribution in [0.25, 0.3) is 0 Å². The molecule has 90 valence electrons. The number of hydrogen-bond acceptors (Lipinski definition) is 2. The number of nitrogens with two attached hydrogens (primary N) is 1. The molecule has 17 heavy (non-hydrogen) atoms. The van der Waals surface area contributed by atoms with Gasteiger partial charge in [0.2, 0.25) is 0 Å². The fraction of sp³-hybridized carbons (Fsp3) is 0.167. The van der Waals surface area contributed by atoms with E-state index in [1.807, 2.05) is 18.2 Å². The topological polar surface area (TPSA) is 26.0 Å². The van der Waals surface area contributed by atoms with Crippen molar-refractivity contribution in [3.63, 3.8) is 0 Å². The van der Waals surface area contributed by atoms with Crippen LogP contribution in [0.1, 0.15) is 16.5 Å². The van der Waals surface area contributed by atoms with Gasteiger partial charge in [-0.15, -0.1) is 11.3 Å².